The van der Waals surface area contributed by atoms with Crippen LogP contribution in [0.4, 0.5) is 11.4 Å². The van der Waals surface area contributed by atoms with Crippen molar-refractivity contribution in [3.05, 3.63) is 23.8 Å². The minimum atomic E-state index is -0.578. The fourth-order valence-electron chi connectivity index (χ4n) is 2.32. The van der Waals surface area contributed by atoms with Gasteiger partial charge in [-0.25, -0.2) is 0 Å². The van der Waals surface area contributed by atoms with Crippen molar-refractivity contribution < 1.29 is 14.3 Å². The minimum Gasteiger partial charge on any atom is -0.397 e. The first kappa shape index (κ1) is 15.1. The van der Waals surface area contributed by atoms with Gasteiger partial charge in [-0.2, -0.15) is 0 Å². The molecule has 0 aromatic heterocycles. The average Bonchev–Trinajstić information content (AvgIpc) is 2.48. The summed E-state index contributed by atoms with van der Waals surface area (Å²) >= 11 is 0. The summed E-state index contributed by atoms with van der Waals surface area (Å²) in [6.45, 7) is 3.59. The number of benzene rings is 1. The van der Waals surface area contributed by atoms with E-state index in [2.05, 4.69) is 5.32 Å². The number of hydrogen-bond acceptors (Lipinski definition) is 5. The van der Waals surface area contributed by atoms with Crippen molar-refractivity contribution in [1.29, 1.82) is 0 Å². The first-order valence-corrected chi connectivity index (χ1v) is 6.86. The van der Waals surface area contributed by atoms with E-state index < -0.39 is 11.9 Å². The Morgan fingerprint density at radius 1 is 1.48 bits per heavy atom. The zero-order valence-electron chi connectivity index (χ0n) is 12.0. The lowest BCUT2D eigenvalue weighted by Crippen LogP contribution is -2.52. The molecule has 1 atom stereocenters. The van der Waals surface area contributed by atoms with E-state index >= 15 is 0 Å². The minimum absolute atomic E-state index is 0.178. The highest BCUT2D eigenvalue weighted by atomic mass is 16.5. The van der Waals surface area contributed by atoms with Crippen molar-refractivity contribution in [2.24, 2.45) is 5.73 Å². The van der Waals surface area contributed by atoms with Crippen molar-refractivity contribution in [2.45, 2.75) is 13.0 Å². The first-order chi connectivity index (χ1) is 10.0. The Balaban J connectivity index is 2.34. The molecule has 114 valence electrons. The fraction of sp³-hybridized carbons (Fsp3) is 0.429. The molecule has 0 aliphatic carbocycles. The third kappa shape index (κ3) is 3.25. The van der Waals surface area contributed by atoms with Crippen LogP contribution in [-0.2, 0) is 9.53 Å². The average molecular weight is 292 g/mol. The molecule has 21 heavy (non-hydrogen) atoms. The van der Waals surface area contributed by atoms with Gasteiger partial charge in [-0.1, -0.05) is 0 Å². The van der Waals surface area contributed by atoms with E-state index in [-0.39, 0.29) is 12.5 Å². The number of rotatable bonds is 4. The monoisotopic (exact) mass is 292 g/mol. The molecule has 7 nitrogen and oxygen atoms in total. The van der Waals surface area contributed by atoms with E-state index in [1.54, 1.807) is 23.1 Å². The normalized spacial score (nSPS) is 18.3. The van der Waals surface area contributed by atoms with Gasteiger partial charge in [0.15, 0.2) is 0 Å². The van der Waals surface area contributed by atoms with Crippen LogP contribution in [0.15, 0.2) is 18.2 Å². The van der Waals surface area contributed by atoms with E-state index in [1.165, 1.54) is 0 Å². The second-order valence-corrected chi connectivity index (χ2v) is 4.82. The van der Waals surface area contributed by atoms with E-state index in [1.807, 2.05) is 6.92 Å². The van der Waals surface area contributed by atoms with Crippen LogP contribution < -0.4 is 21.7 Å². The Labute approximate surface area is 123 Å². The van der Waals surface area contributed by atoms with Gasteiger partial charge in [0.1, 0.15) is 6.04 Å². The third-order valence-electron chi connectivity index (χ3n) is 3.40. The summed E-state index contributed by atoms with van der Waals surface area (Å²) in [6.07, 6.45) is 0. The Kier molecular flexibility index (Phi) is 4.64. The Morgan fingerprint density at radius 2 is 2.24 bits per heavy atom. The van der Waals surface area contributed by atoms with Crippen molar-refractivity contribution in [2.75, 3.05) is 36.9 Å². The number of primary amides is 1. The van der Waals surface area contributed by atoms with E-state index in [9.17, 15) is 9.59 Å². The molecule has 1 aromatic carbocycles. The summed E-state index contributed by atoms with van der Waals surface area (Å²) in [5, 5.41) is 2.73. The Hall–Kier alpha value is -2.28. The molecule has 0 bridgehead atoms. The smallest absolute Gasteiger partial charge is 0.251 e. The Bertz CT molecular complexity index is 547. The van der Waals surface area contributed by atoms with Crippen molar-refractivity contribution in [3.8, 4) is 0 Å². The maximum Gasteiger partial charge on any atom is 0.251 e. The number of nitrogens with one attached hydrogen (secondary N) is 1. The molecule has 1 fully saturated rings. The van der Waals surface area contributed by atoms with Gasteiger partial charge in [-0.3, -0.25) is 9.59 Å². The molecule has 2 amide bonds. The molecule has 1 aliphatic rings. The number of carbonyl (C=O) groups excluding carboxylic acids is 2. The van der Waals surface area contributed by atoms with Gasteiger partial charge in [-0.15, -0.1) is 0 Å². The summed E-state index contributed by atoms with van der Waals surface area (Å²) in [5.74, 6) is -0.653. The quantitative estimate of drug-likeness (QED) is 0.660. The fourth-order valence-corrected chi connectivity index (χ4v) is 2.32. The van der Waals surface area contributed by atoms with Gasteiger partial charge < -0.3 is 26.4 Å². The lowest BCUT2D eigenvalue weighted by atomic mass is 10.1. The number of carbonyl (C=O) groups is 2. The number of nitrogen functional groups attached to an aromatic ring is 1. The number of ether oxygens (including phenoxy) is 1. The van der Waals surface area contributed by atoms with Crippen LogP contribution >= 0.6 is 0 Å². The largest absolute Gasteiger partial charge is 0.397 e. The van der Waals surface area contributed by atoms with E-state index in [0.29, 0.717) is 36.6 Å². The van der Waals surface area contributed by atoms with Gasteiger partial charge >= 0.3 is 0 Å². The highest BCUT2D eigenvalue weighted by molar-refractivity contribution is 5.96. The number of hydrogen-bond donors (Lipinski definition) is 3. The van der Waals surface area contributed by atoms with Crippen molar-refractivity contribution >= 4 is 23.2 Å². The van der Waals surface area contributed by atoms with Crippen LogP contribution in [0.25, 0.3) is 0 Å². The van der Waals surface area contributed by atoms with Crippen LogP contribution in [0.5, 0.6) is 0 Å². The molecule has 1 saturated heterocycles. The highest BCUT2D eigenvalue weighted by Gasteiger charge is 2.29. The second kappa shape index (κ2) is 6.45. The number of nitrogens with zero attached hydrogens (tertiary/aromatic N) is 1. The predicted octanol–water partition coefficient (Wildman–Crippen LogP) is -0.291. The maximum atomic E-state index is 11.9. The molecule has 0 radical (unpaired) electrons. The van der Waals surface area contributed by atoms with Crippen LogP contribution in [0.1, 0.15) is 17.3 Å². The van der Waals surface area contributed by atoms with Gasteiger partial charge in [-0.05, 0) is 25.1 Å². The SMILES string of the molecule is CCNC(=O)c1ccc(N)c(N2CCOCC2C(N)=O)c1. The molecule has 1 unspecified atom stereocenters. The Morgan fingerprint density at radius 3 is 2.90 bits per heavy atom. The summed E-state index contributed by atoms with van der Waals surface area (Å²) in [5.41, 5.74) is 13.0. The second-order valence-electron chi connectivity index (χ2n) is 4.82. The molecular formula is C14H20N4O3. The molecule has 1 heterocycles. The van der Waals surface area contributed by atoms with Crippen molar-refractivity contribution in [3.63, 3.8) is 0 Å². The van der Waals surface area contributed by atoms with E-state index in [4.69, 9.17) is 16.2 Å². The van der Waals surface area contributed by atoms with Crippen LogP contribution in [0.3, 0.4) is 0 Å². The molecule has 2 rings (SSSR count). The summed E-state index contributed by atoms with van der Waals surface area (Å²) < 4.78 is 5.29. The summed E-state index contributed by atoms with van der Waals surface area (Å²) in [7, 11) is 0. The summed E-state index contributed by atoms with van der Waals surface area (Å²) in [6, 6.07) is 4.42. The number of morpholine rings is 1. The predicted molar refractivity (Wildman–Crippen MR) is 80.0 cm³/mol. The molecular weight excluding hydrogens is 272 g/mol. The number of anilines is 2. The lowest BCUT2D eigenvalue weighted by molar-refractivity contribution is -0.121. The molecule has 1 aliphatic heterocycles. The van der Waals surface area contributed by atoms with Gasteiger partial charge in [0.25, 0.3) is 5.91 Å². The number of nitrogens with two attached hydrogens (primary N) is 2. The topological polar surface area (TPSA) is 111 Å². The molecule has 1 aromatic rings. The van der Waals surface area contributed by atoms with Gasteiger partial charge in [0, 0.05) is 18.7 Å². The molecule has 0 spiro atoms. The highest BCUT2D eigenvalue weighted by Crippen LogP contribution is 2.27. The van der Waals surface area contributed by atoms with Crippen LogP contribution in [-0.4, -0.2) is 44.2 Å². The van der Waals surface area contributed by atoms with E-state index in [0.717, 1.165) is 0 Å². The lowest BCUT2D eigenvalue weighted by Gasteiger charge is -2.36. The number of amides is 2. The first-order valence-electron chi connectivity index (χ1n) is 6.86. The zero-order valence-corrected chi connectivity index (χ0v) is 12.0. The maximum absolute atomic E-state index is 11.9. The standard InChI is InChI=1S/C14H20N4O3/c1-2-17-14(20)9-3-4-10(15)11(7-9)18-5-6-21-8-12(18)13(16)19/h3-4,7,12H,2,5-6,8,15H2,1H3,(H2,16,19)(H,17,20). The van der Waals surface area contributed by atoms with Crippen LogP contribution in [0.2, 0.25) is 0 Å². The third-order valence-corrected chi connectivity index (χ3v) is 3.40. The van der Waals surface area contributed by atoms with Crippen molar-refractivity contribution in [1.82, 2.24) is 5.32 Å². The zero-order chi connectivity index (χ0) is 15.4. The molecule has 0 saturated carbocycles. The molecule has 5 N–H and O–H groups in total. The van der Waals surface area contributed by atoms with Gasteiger partial charge in [0.2, 0.25) is 5.91 Å². The molecule has 7 heteroatoms. The van der Waals surface area contributed by atoms with Gasteiger partial charge in [0.05, 0.1) is 24.6 Å². The van der Waals surface area contributed by atoms with Crippen LogP contribution in [0, 0.1) is 0 Å². The summed E-state index contributed by atoms with van der Waals surface area (Å²) in [4.78, 5) is 25.3.